The van der Waals surface area contributed by atoms with Gasteiger partial charge in [-0.15, -0.1) is 0 Å². The Morgan fingerprint density at radius 3 is 2.52 bits per heavy atom. The van der Waals surface area contributed by atoms with Gasteiger partial charge in [-0.1, -0.05) is 32.1 Å². The van der Waals surface area contributed by atoms with Crippen LogP contribution in [0.3, 0.4) is 0 Å². The molecule has 1 aromatic carbocycles. The number of carbonyl (C=O) groups is 2. The second-order valence-electron chi connectivity index (χ2n) is 6.87. The summed E-state index contributed by atoms with van der Waals surface area (Å²) in [6.07, 6.45) is 7.81. The lowest BCUT2D eigenvalue weighted by Crippen LogP contribution is -2.34. The van der Waals surface area contributed by atoms with Gasteiger partial charge in [-0.25, -0.2) is 0 Å². The fraction of sp³-hybridized carbons (Fsp3) is 0.550. The van der Waals surface area contributed by atoms with Crippen molar-refractivity contribution in [2.45, 2.75) is 44.9 Å². The van der Waals surface area contributed by atoms with Gasteiger partial charge < -0.3 is 20.7 Å². The van der Waals surface area contributed by atoms with Crippen molar-refractivity contribution in [3.63, 3.8) is 0 Å². The van der Waals surface area contributed by atoms with E-state index in [1.807, 2.05) is 0 Å². The molecule has 0 bridgehead atoms. The molecule has 148 valence electrons. The third-order valence-corrected chi connectivity index (χ3v) is 4.96. The Labute approximate surface area is 166 Å². The van der Waals surface area contributed by atoms with Crippen LogP contribution in [-0.4, -0.2) is 37.2 Å². The van der Waals surface area contributed by atoms with Gasteiger partial charge in [-0.05, 0) is 48.8 Å². The lowest BCUT2D eigenvalue weighted by atomic mass is 9.86. The van der Waals surface area contributed by atoms with Crippen molar-refractivity contribution in [1.82, 2.24) is 10.6 Å². The zero-order chi connectivity index (χ0) is 19.5. The van der Waals surface area contributed by atoms with E-state index >= 15 is 0 Å². The molecule has 6 nitrogen and oxygen atoms in total. The van der Waals surface area contributed by atoms with Crippen LogP contribution in [0.2, 0.25) is 0 Å². The number of hydrogen-bond acceptors (Lipinski definition) is 4. The van der Waals surface area contributed by atoms with Crippen molar-refractivity contribution in [3.05, 3.63) is 29.8 Å². The summed E-state index contributed by atoms with van der Waals surface area (Å²) in [5.41, 5.74) is 1.28. The van der Waals surface area contributed by atoms with Crippen LogP contribution in [0.25, 0.3) is 0 Å². The number of anilines is 1. The maximum atomic E-state index is 12.1. The number of hydrogen-bond donors (Lipinski definition) is 3. The molecular formula is C20H29N3O3S. The number of nitrogens with one attached hydrogen (secondary N) is 3. The van der Waals surface area contributed by atoms with E-state index in [9.17, 15) is 9.59 Å². The minimum Gasteiger partial charge on any atom is -0.383 e. The lowest BCUT2D eigenvalue weighted by molar-refractivity contribution is -0.120. The Morgan fingerprint density at radius 1 is 1.15 bits per heavy atom. The Balaban J connectivity index is 1.71. The van der Waals surface area contributed by atoms with E-state index in [4.69, 9.17) is 17.0 Å². The largest absolute Gasteiger partial charge is 0.383 e. The topological polar surface area (TPSA) is 79.5 Å². The van der Waals surface area contributed by atoms with E-state index in [-0.39, 0.29) is 16.9 Å². The number of carbonyl (C=O) groups excluding carboxylic acids is 2. The first kappa shape index (κ1) is 21.3. The Kier molecular flexibility index (Phi) is 9.21. The van der Waals surface area contributed by atoms with Crippen LogP contribution in [0.5, 0.6) is 0 Å². The highest BCUT2D eigenvalue weighted by molar-refractivity contribution is 7.80. The Bertz CT molecular complexity index is 628. The summed E-state index contributed by atoms with van der Waals surface area (Å²) < 4.78 is 4.90. The van der Waals surface area contributed by atoms with Crippen LogP contribution in [-0.2, 0) is 9.53 Å². The summed E-state index contributed by atoms with van der Waals surface area (Å²) in [5, 5.41) is 8.74. The zero-order valence-electron chi connectivity index (χ0n) is 15.9. The molecule has 0 aromatic heterocycles. The second-order valence-corrected chi connectivity index (χ2v) is 7.28. The van der Waals surface area contributed by atoms with E-state index in [2.05, 4.69) is 16.0 Å². The molecule has 1 aromatic rings. The van der Waals surface area contributed by atoms with E-state index in [1.165, 1.54) is 32.1 Å². The van der Waals surface area contributed by atoms with E-state index in [0.717, 1.165) is 12.1 Å². The molecule has 1 aliphatic rings. The van der Waals surface area contributed by atoms with E-state index in [1.54, 1.807) is 31.4 Å². The first-order valence-electron chi connectivity index (χ1n) is 9.56. The summed E-state index contributed by atoms with van der Waals surface area (Å²) >= 11 is 5.20. The molecule has 1 fully saturated rings. The number of amides is 2. The quantitative estimate of drug-likeness (QED) is 0.468. The van der Waals surface area contributed by atoms with Crippen molar-refractivity contribution < 1.29 is 14.3 Å². The van der Waals surface area contributed by atoms with Gasteiger partial charge >= 0.3 is 0 Å². The van der Waals surface area contributed by atoms with Crippen molar-refractivity contribution >= 4 is 34.8 Å². The number of methoxy groups -OCH3 is 1. The summed E-state index contributed by atoms with van der Waals surface area (Å²) in [5.74, 6) is 0.470. The highest BCUT2D eigenvalue weighted by Crippen LogP contribution is 2.27. The van der Waals surface area contributed by atoms with Crippen LogP contribution in [0.4, 0.5) is 5.69 Å². The lowest BCUT2D eigenvalue weighted by Gasteiger charge is -2.21. The minimum atomic E-state index is -0.155. The van der Waals surface area contributed by atoms with Crippen LogP contribution in [0, 0.1) is 5.92 Å². The monoisotopic (exact) mass is 391 g/mol. The fourth-order valence-corrected chi connectivity index (χ4v) is 3.47. The van der Waals surface area contributed by atoms with Crippen LogP contribution in [0.15, 0.2) is 24.3 Å². The minimum absolute atomic E-state index is 0.0489. The maximum absolute atomic E-state index is 12.1. The fourth-order valence-electron chi connectivity index (χ4n) is 3.24. The predicted octanol–water partition coefficient (Wildman–Crippen LogP) is 3.24. The van der Waals surface area contributed by atoms with Gasteiger partial charge in [-0.2, -0.15) is 0 Å². The number of thiocarbonyl (C=S) groups is 1. The maximum Gasteiger partial charge on any atom is 0.251 e. The van der Waals surface area contributed by atoms with Crippen molar-refractivity contribution in [3.8, 4) is 0 Å². The molecule has 3 N–H and O–H groups in total. The average Bonchev–Trinajstić information content (AvgIpc) is 2.68. The van der Waals surface area contributed by atoms with Gasteiger partial charge in [0.15, 0.2) is 5.11 Å². The highest BCUT2D eigenvalue weighted by atomic mass is 32.1. The number of rotatable bonds is 8. The molecule has 0 atom stereocenters. The summed E-state index contributed by atoms with van der Waals surface area (Å²) in [6, 6.07) is 6.92. The molecule has 1 saturated carbocycles. The smallest absolute Gasteiger partial charge is 0.251 e. The normalized spacial score (nSPS) is 14.4. The van der Waals surface area contributed by atoms with E-state index in [0.29, 0.717) is 31.1 Å². The van der Waals surface area contributed by atoms with Gasteiger partial charge in [-0.3, -0.25) is 9.59 Å². The Hall–Kier alpha value is -1.99. The third kappa shape index (κ3) is 8.05. The molecule has 2 amide bonds. The first-order valence-corrected chi connectivity index (χ1v) is 9.97. The first-order chi connectivity index (χ1) is 13.1. The van der Waals surface area contributed by atoms with Crippen molar-refractivity contribution in [2.75, 3.05) is 25.6 Å². The summed E-state index contributed by atoms with van der Waals surface area (Å²) in [7, 11) is 1.59. The molecule has 0 saturated heterocycles. The van der Waals surface area contributed by atoms with Crippen LogP contribution >= 0.6 is 12.2 Å². The Morgan fingerprint density at radius 2 is 1.85 bits per heavy atom. The van der Waals surface area contributed by atoms with Crippen molar-refractivity contribution in [2.24, 2.45) is 5.92 Å². The molecule has 0 heterocycles. The van der Waals surface area contributed by atoms with Crippen LogP contribution in [0.1, 0.15) is 55.3 Å². The average molecular weight is 392 g/mol. The summed E-state index contributed by atoms with van der Waals surface area (Å²) in [4.78, 5) is 24.0. The van der Waals surface area contributed by atoms with Crippen LogP contribution < -0.4 is 16.0 Å². The molecule has 0 spiro atoms. The predicted molar refractivity (Wildman–Crippen MR) is 111 cm³/mol. The molecular weight excluding hydrogens is 362 g/mol. The highest BCUT2D eigenvalue weighted by Gasteiger charge is 2.15. The zero-order valence-corrected chi connectivity index (χ0v) is 16.7. The van der Waals surface area contributed by atoms with Crippen molar-refractivity contribution in [1.29, 1.82) is 0 Å². The molecule has 7 heteroatoms. The molecule has 1 aliphatic carbocycles. The number of ether oxygens (including phenoxy) is 1. The second kappa shape index (κ2) is 11.7. The standard InChI is InChI=1S/C20H29N3O3S/c1-26-14-13-21-19(25)16-8-10-17(11-9-16)22-20(27)23-18(24)12-7-15-5-3-2-4-6-15/h8-11,15H,2-7,12-14H2,1H3,(H,21,25)(H2,22,23,24,27). The number of benzene rings is 1. The SMILES string of the molecule is COCCNC(=O)c1ccc(NC(=S)NC(=O)CCC2CCCCC2)cc1. The van der Waals surface area contributed by atoms with Gasteiger partial charge in [0.25, 0.3) is 5.91 Å². The summed E-state index contributed by atoms with van der Waals surface area (Å²) in [6.45, 7) is 0.937. The van der Waals surface area contributed by atoms with Gasteiger partial charge in [0.2, 0.25) is 5.91 Å². The molecule has 0 radical (unpaired) electrons. The van der Waals surface area contributed by atoms with Gasteiger partial charge in [0.05, 0.1) is 6.61 Å². The third-order valence-electron chi connectivity index (χ3n) is 4.75. The van der Waals surface area contributed by atoms with Gasteiger partial charge in [0, 0.05) is 31.3 Å². The molecule has 0 unspecified atom stereocenters. The molecule has 27 heavy (non-hydrogen) atoms. The van der Waals surface area contributed by atoms with Gasteiger partial charge in [0.1, 0.15) is 0 Å². The van der Waals surface area contributed by atoms with E-state index < -0.39 is 0 Å². The molecule has 0 aliphatic heterocycles. The molecule has 2 rings (SSSR count).